The Morgan fingerprint density at radius 1 is 1.09 bits per heavy atom. The summed E-state index contributed by atoms with van der Waals surface area (Å²) in [6, 6.07) is 8.18. The number of nitrogens with one attached hydrogen (secondary N) is 1. The summed E-state index contributed by atoms with van der Waals surface area (Å²) in [4.78, 5) is 3.70. The molecule has 3 nitrogen and oxygen atoms in total. The third-order valence-electron chi connectivity index (χ3n) is 3.35. The van der Waals surface area contributed by atoms with E-state index < -0.39 is 11.7 Å². The van der Waals surface area contributed by atoms with Gasteiger partial charge in [0.05, 0.1) is 11.3 Å². The van der Waals surface area contributed by atoms with Crippen LogP contribution in [0.25, 0.3) is 0 Å². The standard InChI is InChI=1S/C16H16F3N3/c1-10-4-5-13(8-11(10)2)12(3)21-22-15-7-6-14(9-20-15)16(17,18)19/h4-9H,1-3H3,(H,20,22)/b21-12-. The van der Waals surface area contributed by atoms with Crippen LogP contribution in [0.5, 0.6) is 0 Å². The molecule has 1 N–H and O–H groups in total. The summed E-state index contributed by atoms with van der Waals surface area (Å²) < 4.78 is 37.3. The van der Waals surface area contributed by atoms with Gasteiger partial charge in [-0.1, -0.05) is 12.1 Å². The molecule has 0 aliphatic rings. The van der Waals surface area contributed by atoms with E-state index in [1.165, 1.54) is 11.6 Å². The van der Waals surface area contributed by atoms with Gasteiger partial charge in [0.25, 0.3) is 0 Å². The third kappa shape index (κ3) is 3.84. The number of benzene rings is 1. The van der Waals surface area contributed by atoms with Crippen molar-refractivity contribution in [3.63, 3.8) is 0 Å². The average Bonchev–Trinajstić information content (AvgIpc) is 2.47. The van der Waals surface area contributed by atoms with Gasteiger partial charge in [-0.3, -0.25) is 5.43 Å². The summed E-state index contributed by atoms with van der Waals surface area (Å²) in [5.74, 6) is 0.260. The molecule has 0 aliphatic carbocycles. The second-order valence-electron chi connectivity index (χ2n) is 5.04. The number of anilines is 1. The van der Waals surface area contributed by atoms with Crippen molar-refractivity contribution < 1.29 is 13.2 Å². The maximum absolute atomic E-state index is 12.4. The summed E-state index contributed by atoms with van der Waals surface area (Å²) in [5.41, 5.74) is 5.90. The molecule has 0 atom stereocenters. The Morgan fingerprint density at radius 3 is 2.36 bits per heavy atom. The third-order valence-corrected chi connectivity index (χ3v) is 3.35. The molecule has 0 amide bonds. The minimum Gasteiger partial charge on any atom is -0.261 e. The first-order valence-corrected chi connectivity index (χ1v) is 6.68. The zero-order chi connectivity index (χ0) is 16.3. The highest BCUT2D eigenvalue weighted by atomic mass is 19.4. The molecule has 22 heavy (non-hydrogen) atoms. The molecule has 1 aromatic heterocycles. The van der Waals surface area contributed by atoms with E-state index in [9.17, 15) is 13.2 Å². The van der Waals surface area contributed by atoms with Crippen LogP contribution in [0, 0.1) is 13.8 Å². The van der Waals surface area contributed by atoms with Crippen LogP contribution in [-0.4, -0.2) is 10.7 Å². The number of hydrogen-bond donors (Lipinski definition) is 1. The number of hydrazone groups is 1. The Balaban J connectivity index is 2.12. The van der Waals surface area contributed by atoms with Gasteiger partial charge in [-0.25, -0.2) is 4.98 Å². The predicted octanol–water partition coefficient (Wildman–Crippen LogP) is 4.55. The minimum atomic E-state index is -4.38. The van der Waals surface area contributed by atoms with Crippen molar-refractivity contribution in [2.24, 2.45) is 5.10 Å². The summed E-state index contributed by atoms with van der Waals surface area (Å²) >= 11 is 0. The van der Waals surface area contributed by atoms with Gasteiger partial charge in [-0.05, 0) is 55.7 Å². The molecular weight excluding hydrogens is 291 g/mol. The Hall–Kier alpha value is -2.37. The fourth-order valence-corrected chi connectivity index (χ4v) is 1.80. The first-order chi connectivity index (χ1) is 10.3. The summed E-state index contributed by atoms with van der Waals surface area (Å²) in [6.07, 6.45) is -3.60. The molecule has 6 heteroatoms. The lowest BCUT2D eigenvalue weighted by Crippen LogP contribution is -2.06. The van der Waals surface area contributed by atoms with Crippen LogP contribution in [0.2, 0.25) is 0 Å². The molecule has 2 aromatic rings. The normalized spacial score (nSPS) is 12.4. The number of rotatable bonds is 3. The largest absolute Gasteiger partial charge is 0.417 e. The lowest BCUT2D eigenvalue weighted by molar-refractivity contribution is -0.137. The van der Waals surface area contributed by atoms with Crippen LogP contribution >= 0.6 is 0 Å². The fourth-order valence-electron chi connectivity index (χ4n) is 1.80. The molecule has 116 valence electrons. The van der Waals surface area contributed by atoms with Crippen LogP contribution in [0.4, 0.5) is 19.0 Å². The SMILES string of the molecule is C/C(=N/Nc1ccc(C(F)(F)F)cn1)c1ccc(C)c(C)c1. The van der Waals surface area contributed by atoms with E-state index in [0.29, 0.717) is 0 Å². The minimum absolute atomic E-state index is 0.260. The van der Waals surface area contributed by atoms with Crippen LogP contribution in [0.1, 0.15) is 29.2 Å². The molecule has 0 aliphatic heterocycles. The van der Waals surface area contributed by atoms with E-state index in [-0.39, 0.29) is 5.82 Å². The number of aromatic nitrogens is 1. The highest BCUT2D eigenvalue weighted by Crippen LogP contribution is 2.28. The zero-order valence-corrected chi connectivity index (χ0v) is 12.5. The van der Waals surface area contributed by atoms with Gasteiger partial charge >= 0.3 is 6.18 Å². The lowest BCUT2D eigenvalue weighted by atomic mass is 10.0. The highest BCUT2D eigenvalue weighted by molar-refractivity contribution is 5.99. The molecule has 1 heterocycles. The second-order valence-corrected chi connectivity index (χ2v) is 5.04. The van der Waals surface area contributed by atoms with Crippen molar-refractivity contribution in [3.8, 4) is 0 Å². The van der Waals surface area contributed by atoms with E-state index in [1.807, 2.05) is 39.0 Å². The Bertz CT molecular complexity index is 689. The van der Waals surface area contributed by atoms with E-state index in [4.69, 9.17) is 0 Å². The van der Waals surface area contributed by atoms with Gasteiger partial charge in [-0.2, -0.15) is 18.3 Å². The molecule has 1 aromatic carbocycles. The van der Waals surface area contributed by atoms with Gasteiger partial charge in [0.1, 0.15) is 5.82 Å². The Morgan fingerprint density at radius 2 is 1.82 bits per heavy atom. The number of halogens is 3. The first kappa shape index (κ1) is 16.0. The summed E-state index contributed by atoms with van der Waals surface area (Å²) in [7, 11) is 0. The maximum atomic E-state index is 12.4. The number of hydrogen-bond acceptors (Lipinski definition) is 3. The Kier molecular flexibility index (Phi) is 4.49. The van der Waals surface area contributed by atoms with Crippen molar-refractivity contribution in [1.82, 2.24) is 4.98 Å². The predicted molar refractivity (Wildman–Crippen MR) is 81.0 cm³/mol. The topological polar surface area (TPSA) is 37.3 Å². The maximum Gasteiger partial charge on any atom is 0.417 e. The van der Waals surface area contributed by atoms with E-state index in [1.54, 1.807) is 0 Å². The van der Waals surface area contributed by atoms with Gasteiger partial charge in [-0.15, -0.1) is 0 Å². The van der Waals surface area contributed by atoms with Crippen LogP contribution in [0.3, 0.4) is 0 Å². The smallest absolute Gasteiger partial charge is 0.261 e. The van der Waals surface area contributed by atoms with Crippen LogP contribution in [0.15, 0.2) is 41.6 Å². The number of aryl methyl sites for hydroxylation is 2. The van der Waals surface area contributed by atoms with Crippen molar-refractivity contribution in [3.05, 3.63) is 58.8 Å². The van der Waals surface area contributed by atoms with Gasteiger partial charge in [0.15, 0.2) is 0 Å². The van der Waals surface area contributed by atoms with Gasteiger partial charge in [0.2, 0.25) is 0 Å². The quantitative estimate of drug-likeness (QED) is 0.667. The van der Waals surface area contributed by atoms with Crippen LogP contribution < -0.4 is 5.43 Å². The lowest BCUT2D eigenvalue weighted by Gasteiger charge is -2.08. The van der Waals surface area contributed by atoms with E-state index >= 15 is 0 Å². The average molecular weight is 307 g/mol. The monoisotopic (exact) mass is 307 g/mol. The second kappa shape index (κ2) is 6.17. The van der Waals surface area contributed by atoms with E-state index in [2.05, 4.69) is 15.5 Å². The molecule has 0 radical (unpaired) electrons. The Labute approximate surface area is 126 Å². The summed E-state index contributed by atoms with van der Waals surface area (Å²) in [6.45, 7) is 5.86. The summed E-state index contributed by atoms with van der Waals surface area (Å²) in [5, 5.41) is 4.15. The molecule has 0 saturated carbocycles. The van der Waals surface area contributed by atoms with E-state index in [0.717, 1.165) is 29.1 Å². The number of nitrogens with zero attached hydrogens (tertiary/aromatic N) is 2. The zero-order valence-electron chi connectivity index (χ0n) is 12.5. The van der Waals surface area contributed by atoms with Gasteiger partial charge < -0.3 is 0 Å². The molecule has 0 unspecified atom stereocenters. The fraction of sp³-hybridized carbons (Fsp3) is 0.250. The van der Waals surface area contributed by atoms with Crippen molar-refractivity contribution in [1.29, 1.82) is 0 Å². The van der Waals surface area contributed by atoms with Crippen LogP contribution in [-0.2, 0) is 6.18 Å². The number of alkyl halides is 3. The number of pyridine rings is 1. The molecule has 0 spiro atoms. The highest BCUT2D eigenvalue weighted by Gasteiger charge is 2.30. The van der Waals surface area contributed by atoms with Crippen molar-refractivity contribution in [2.75, 3.05) is 5.43 Å². The molecule has 0 saturated heterocycles. The van der Waals surface area contributed by atoms with Crippen molar-refractivity contribution in [2.45, 2.75) is 26.9 Å². The molecule has 2 rings (SSSR count). The molecular formula is C16H16F3N3. The van der Waals surface area contributed by atoms with Gasteiger partial charge in [0, 0.05) is 6.20 Å². The van der Waals surface area contributed by atoms with Crippen molar-refractivity contribution >= 4 is 11.5 Å². The first-order valence-electron chi connectivity index (χ1n) is 6.68. The molecule has 0 bridgehead atoms. The molecule has 0 fully saturated rings.